The van der Waals surface area contributed by atoms with E-state index in [0.29, 0.717) is 12.1 Å². The molecule has 1 N–H and O–H groups in total. The Hall–Kier alpha value is -2.63. The van der Waals surface area contributed by atoms with Crippen LogP contribution in [0.1, 0.15) is 53.8 Å². The van der Waals surface area contributed by atoms with Gasteiger partial charge in [0.15, 0.2) is 0 Å². The predicted octanol–water partition coefficient (Wildman–Crippen LogP) is 3.33. The molecule has 0 fully saturated rings. The Balaban J connectivity index is 2.25. The number of carbonyl (C=O) groups excluding carboxylic acids is 3. The summed E-state index contributed by atoms with van der Waals surface area (Å²) in [5, 5.41) is 2.80. The standard InChI is InChI=1S/C19H23NO5/c1-3-24-18(22)14-10-15(19(23)25-4-2)12-16(11-14)20-17(21)13-8-6-5-7-9-13/h5-6,10-13H,3-4,7-9H2,1-2H3,(H,20,21)/t13-/m1/s1. The van der Waals surface area contributed by atoms with E-state index < -0.39 is 11.9 Å². The third-order valence-corrected chi connectivity index (χ3v) is 3.86. The average Bonchev–Trinajstić information content (AvgIpc) is 2.62. The third kappa shape index (κ3) is 5.17. The Morgan fingerprint density at radius 2 is 1.60 bits per heavy atom. The molecule has 1 aliphatic carbocycles. The van der Waals surface area contributed by atoms with Crippen LogP contribution in [0.5, 0.6) is 0 Å². The first kappa shape index (κ1) is 18.7. The Kier molecular flexibility index (Phi) is 6.74. The van der Waals surface area contributed by atoms with Gasteiger partial charge in [-0.1, -0.05) is 12.2 Å². The second-order valence-corrected chi connectivity index (χ2v) is 5.71. The number of amides is 1. The summed E-state index contributed by atoms with van der Waals surface area (Å²) in [6.07, 6.45) is 6.39. The van der Waals surface area contributed by atoms with Crippen molar-refractivity contribution in [2.24, 2.45) is 5.92 Å². The van der Waals surface area contributed by atoms with Crippen molar-refractivity contribution >= 4 is 23.5 Å². The minimum absolute atomic E-state index is 0.109. The van der Waals surface area contributed by atoms with Crippen molar-refractivity contribution in [3.05, 3.63) is 41.5 Å². The molecule has 6 heteroatoms. The first-order chi connectivity index (χ1) is 12.0. The maximum Gasteiger partial charge on any atom is 0.338 e. The lowest BCUT2D eigenvalue weighted by molar-refractivity contribution is -0.120. The highest BCUT2D eigenvalue weighted by Crippen LogP contribution is 2.22. The quantitative estimate of drug-likeness (QED) is 0.632. The van der Waals surface area contributed by atoms with Gasteiger partial charge in [-0.25, -0.2) is 9.59 Å². The lowest BCUT2D eigenvalue weighted by Crippen LogP contribution is -2.24. The molecule has 0 aromatic heterocycles. The number of hydrogen-bond donors (Lipinski definition) is 1. The highest BCUT2D eigenvalue weighted by atomic mass is 16.5. The molecule has 25 heavy (non-hydrogen) atoms. The fraction of sp³-hybridized carbons (Fsp3) is 0.421. The number of esters is 2. The van der Waals surface area contributed by atoms with Crippen molar-refractivity contribution in [2.45, 2.75) is 33.1 Å². The van der Waals surface area contributed by atoms with Crippen molar-refractivity contribution < 1.29 is 23.9 Å². The average molecular weight is 345 g/mol. The summed E-state index contributed by atoms with van der Waals surface area (Å²) < 4.78 is 9.97. The Morgan fingerprint density at radius 3 is 2.08 bits per heavy atom. The lowest BCUT2D eigenvalue weighted by Gasteiger charge is -2.18. The topological polar surface area (TPSA) is 81.7 Å². The van der Waals surface area contributed by atoms with Crippen molar-refractivity contribution in [1.29, 1.82) is 0 Å². The molecule has 0 saturated carbocycles. The zero-order chi connectivity index (χ0) is 18.2. The summed E-state index contributed by atoms with van der Waals surface area (Å²) in [5.41, 5.74) is 0.783. The second kappa shape index (κ2) is 9.01. The van der Waals surface area contributed by atoms with Gasteiger partial charge >= 0.3 is 11.9 Å². The number of carbonyl (C=O) groups is 3. The Labute approximate surface area is 147 Å². The molecule has 0 heterocycles. The number of hydrogen-bond acceptors (Lipinski definition) is 5. The number of benzene rings is 1. The van der Waals surface area contributed by atoms with Gasteiger partial charge in [0.2, 0.25) is 5.91 Å². The van der Waals surface area contributed by atoms with Gasteiger partial charge in [0.05, 0.1) is 24.3 Å². The van der Waals surface area contributed by atoms with Crippen molar-refractivity contribution in [3.8, 4) is 0 Å². The van der Waals surface area contributed by atoms with Gasteiger partial charge in [-0.15, -0.1) is 0 Å². The number of anilines is 1. The predicted molar refractivity (Wildman–Crippen MR) is 93.5 cm³/mol. The van der Waals surface area contributed by atoms with Gasteiger partial charge in [-0.3, -0.25) is 4.79 Å². The van der Waals surface area contributed by atoms with E-state index in [1.165, 1.54) is 18.2 Å². The zero-order valence-corrected chi connectivity index (χ0v) is 14.5. The van der Waals surface area contributed by atoms with E-state index >= 15 is 0 Å². The first-order valence-electron chi connectivity index (χ1n) is 8.50. The van der Waals surface area contributed by atoms with Gasteiger partial charge < -0.3 is 14.8 Å². The van der Waals surface area contributed by atoms with Crippen LogP contribution < -0.4 is 5.32 Å². The van der Waals surface area contributed by atoms with E-state index in [1.807, 2.05) is 6.08 Å². The zero-order valence-electron chi connectivity index (χ0n) is 14.5. The SMILES string of the molecule is CCOC(=O)c1cc(NC(=O)[C@@H]2CC=CCC2)cc(C(=O)OCC)c1. The van der Waals surface area contributed by atoms with Gasteiger partial charge in [0.1, 0.15) is 0 Å². The normalized spacial score (nSPS) is 16.2. The molecule has 0 saturated heterocycles. The molecular formula is C19H23NO5. The highest BCUT2D eigenvalue weighted by Gasteiger charge is 2.20. The van der Waals surface area contributed by atoms with Crippen LogP contribution in [-0.2, 0) is 14.3 Å². The van der Waals surface area contributed by atoms with E-state index in [4.69, 9.17) is 9.47 Å². The number of ether oxygens (including phenoxy) is 2. The molecule has 1 aliphatic rings. The minimum atomic E-state index is -0.551. The molecular weight excluding hydrogens is 322 g/mol. The van der Waals surface area contributed by atoms with Crippen LogP contribution in [-0.4, -0.2) is 31.1 Å². The molecule has 1 aromatic rings. The molecule has 0 unspecified atom stereocenters. The molecule has 0 bridgehead atoms. The monoisotopic (exact) mass is 345 g/mol. The fourth-order valence-electron chi connectivity index (χ4n) is 2.64. The van der Waals surface area contributed by atoms with Crippen LogP contribution in [0.25, 0.3) is 0 Å². The summed E-state index contributed by atoms with van der Waals surface area (Å²) in [6.45, 7) is 3.84. The van der Waals surface area contributed by atoms with Crippen LogP contribution in [0.2, 0.25) is 0 Å². The number of allylic oxidation sites excluding steroid dienone is 2. The van der Waals surface area contributed by atoms with Gasteiger partial charge in [-0.2, -0.15) is 0 Å². The summed E-state index contributed by atoms with van der Waals surface area (Å²) in [4.78, 5) is 36.4. The summed E-state index contributed by atoms with van der Waals surface area (Å²) in [5.74, 6) is -1.34. The summed E-state index contributed by atoms with van der Waals surface area (Å²) in [6, 6.07) is 4.43. The lowest BCUT2D eigenvalue weighted by atomic mass is 9.93. The van der Waals surface area contributed by atoms with Gasteiger partial charge in [0.25, 0.3) is 0 Å². The summed E-state index contributed by atoms with van der Waals surface area (Å²) >= 11 is 0. The molecule has 6 nitrogen and oxygen atoms in total. The minimum Gasteiger partial charge on any atom is -0.462 e. The van der Waals surface area contributed by atoms with Crippen LogP contribution in [0.4, 0.5) is 5.69 Å². The van der Waals surface area contributed by atoms with Gasteiger partial charge in [-0.05, 0) is 51.3 Å². The molecule has 1 amide bonds. The van der Waals surface area contributed by atoms with E-state index in [1.54, 1.807) is 13.8 Å². The maximum absolute atomic E-state index is 12.4. The van der Waals surface area contributed by atoms with Crippen molar-refractivity contribution in [1.82, 2.24) is 0 Å². The number of rotatable bonds is 6. The van der Waals surface area contributed by atoms with E-state index in [2.05, 4.69) is 11.4 Å². The van der Waals surface area contributed by atoms with Crippen LogP contribution in [0.3, 0.4) is 0 Å². The highest BCUT2D eigenvalue weighted by molar-refractivity contribution is 6.00. The molecule has 0 aliphatic heterocycles. The van der Waals surface area contributed by atoms with E-state index in [-0.39, 0.29) is 36.2 Å². The molecule has 0 spiro atoms. The summed E-state index contributed by atoms with van der Waals surface area (Å²) in [7, 11) is 0. The van der Waals surface area contributed by atoms with E-state index in [9.17, 15) is 14.4 Å². The smallest absolute Gasteiger partial charge is 0.338 e. The third-order valence-electron chi connectivity index (χ3n) is 3.86. The number of nitrogens with one attached hydrogen (secondary N) is 1. The molecule has 2 rings (SSSR count). The molecule has 0 radical (unpaired) electrons. The largest absolute Gasteiger partial charge is 0.462 e. The van der Waals surface area contributed by atoms with Crippen molar-refractivity contribution in [3.63, 3.8) is 0 Å². The fourth-order valence-corrected chi connectivity index (χ4v) is 2.64. The Morgan fingerprint density at radius 1 is 1.00 bits per heavy atom. The Bertz CT molecular complexity index is 644. The van der Waals surface area contributed by atoms with Crippen LogP contribution in [0.15, 0.2) is 30.4 Å². The molecule has 1 atom stereocenters. The van der Waals surface area contributed by atoms with Crippen molar-refractivity contribution in [2.75, 3.05) is 18.5 Å². The molecule has 1 aromatic carbocycles. The second-order valence-electron chi connectivity index (χ2n) is 5.71. The molecule has 134 valence electrons. The maximum atomic E-state index is 12.4. The van der Waals surface area contributed by atoms with E-state index in [0.717, 1.165) is 12.8 Å². The van der Waals surface area contributed by atoms with Crippen LogP contribution >= 0.6 is 0 Å². The van der Waals surface area contributed by atoms with Crippen LogP contribution in [0, 0.1) is 5.92 Å². The first-order valence-corrected chi connectivity index (χ1v) is 8.50. The van der Waals surface area contributed by atoms with Gasteiger partial charge in [0, 0.05) is 11.6 Å².